The Morgan fingerprint density at radius 3 is 2.34 bits per heavy atom. The summed E-state index contributed by atoms with van der Waals surface area (Å²) in [6.07, 6.45) is 3.49. The fourth-order valence-electron chi connectivity index (χ4n) is 3.78. The highest BCUT2D eigenvalue weighted by molar-refractivity contribution is 5.85. The first-order chi connectivity index (χ1) is 13.3. The van der Waals surface area contributed by atoms with Gasteiger partial charge in [-0.15, -0.1) is 24.8 Å². The molecule has 2 heterocycles. The molecule has 0 amide bonds. The molecule has 1 saturated heterocycles. The smallest absolute Gasteiger partial charge is 0.172 e. The van der Waals surface area contributed by atoms with E-state index in [1.54, 1.807) is 0 Å². The molecule has 5 nitrogen and oxygen atoms in total. The lowest BCUT2D eigenvalue weighted by molar-refractivity contribution is 0.453. The summed E-state index contributed by atoms with van der Waals surface area (Å²) in [6.45, 7) is 2.87. The van der Waals surface area contributed by atoms with Gasteiger partial charge in [-0.2, -0.15) is 0 Å². The third-order valence-electron chi connectivity index (χ3n) is 5.35. The zero-order chi connectivity index (χ0) is 18.1. The van der Waals surface area contributed by atoms with Crippen molar-refractivity contribution in [2.24, 2.45) is 0 Å². The number of nitrogens with zero attached hydrogens (tertiary/aromatic N) is 3. The first-order valence-electron chi connectivity index (χ1n) is 9.91. The van der Waals surface area contributed by atoms with Crippen LogP contribution in [0.5, 0.6) is 0 Å². The summed E-state index contributed by atoms with van der Waals surface area (Å²) in [4.78, 5) is 12.3. The van der Waals surface area contributed by atoms with E-state index in [0.29, 0.717) is 12.1 Å². The van der Waals surface area contributed by atoms with E-state index in [1.807, 2.05) is 18.2 Å². The minimum Gasteiger partial charge on any atom is -0.364 e. The van der Waals surface area contributed by atoms with E-state index >= 15 is 0 Å². The van der Waals surface area contributed by atoms with Crippen molar-refractivity contribution in [1.29, 1.82) is 0 Å². The number of hydrogen-bond donors (Lipinski definition) is 2. The van der Waals surface area contributed by atoms with Gasteiger partial charge in [-0.05, 0) is 37.0 Å². The van der Waals surface area contributed by atoms with E-state index in [2.05, 4.69) is 51.9 Å². The van der Waals surface area contributed by atoms with Crippen LogP contribution < -0.4 is 15.5 Å². The zero-order valence-corrected chi connectivity index (χ0v) is 17.9. The van der Waals surface area contributed by atoms with E-state index in [1.165, 1.54) is 18.4 Å². The molecule has 3 aromatic rings. The minimum absolute atomic E-state index is 0. The molecule has 2 aliphatic rings. The van der Waals surface area contributed by atoms with Gasteiger partial charge >= 0.3 is 0 Å². The predicted octanol–water partition coefficient (Wildman–Crippen LogP) is 4.07. The highest BCUT2D eigenvalue weighted by Crippen LogP contribution is 2.31. The number of piperazine rings is 1. The van der Waals surface area contributed by atoms with Crippen molar-refractivity contribution in [3.8, 4) is 0 Å². The molecule has 1 saturated carbocycles. The quantitative estimate of drug-likeness (QED) is 0.637. The van der Waals surface area contributed by atoms with Crippen LogP contribution in [-0.4, -0.2) is 41.7 Å². The van der Waals surface area contributed by atoms with E-state index in [4.69, 9.17) is 9.97 Å². The van der Waals surface area contributed by atoms with Crippen molar-refractivity contribution < 1.29 is 0 Å². The molecule has 2 fully saturated rings. The molecule has 2 aromatic carbocycles. The Labute approximate surface area is 184 Å². The van der Waals surface area contributed by atoms with Gasteiger partial charge in [-0.1, -0.05) is 42.5 Å². The van der Waals surface area contributed by atoms with Gasteiger partial charge in [0.25, 0.3) is 0 Å². The third kappa shape index (κ3) is 5.10. The van der Waals surface area contributed by atoms with Crippen LogP contribution in [-0.2, 0) is 6.42 Å². The van der Waals surface area contributed by atoms with Crippen LogP contribution in [0.3, 0.4) is 0 Å². The monoisotopic (exact) mass is 431 g/mol. The summed E-state index contributed by atoms with van der Waals surface area (Å²) < 4.78 is 0. The van der Waals surface area contributed by atoms with Crippen LogP contribution in [0.4, 0.5) is 11.6 Å². The van der Waals surface area contributed by atoms with E-state index < -0.39 is 0 Å². The van der Waals surface area contributed by atoms with E-state index in [9.17, 15) is 0 Å². The standard InChI is InChI=1S/C22H25N5.2ClH/c1-2-6-16(7-3-1)14-18-15-27(13-12-23-18)22-21(24-17-10-11-17)25-19-8-4-5-9-20(19)26-22;;/h1-9,17-18,23H,10-15H2,(H,24,25);2*1H. The summed E-state index contributed by atoms with van der Waals surface area (Å²) in [7, 11) is 0. The number of hydrogen-bond acceptors (Lipinski definition) is 5. The second-order valence-electron chi connectivity index (χ2n) is 7.59. The van der Waals surface area contributed by atoms with Crippen LogP contribution in [0.1, 0.15) is 18.4 Å². The molecule has 1 aromatic heterocycles. The predicted molar refractivity (Wildman–Crippen MR) is 125 cm³/mol. The zero-order valence-electron chi connectivity index (χ0n) is 16.3. The van der Waals surface area contributed by atoms with Crippen LogP contribution in [0.2, 0.25) is 0 Å². The lowest BCUT2D eigenvalue weighted by Gasteiger charge is -2.35. The average Bonchev–Trinajstić information content (AvgIpc) is 3.52. The van der Waals surface area contributed by atoms with Gasteiger partial charge in [0.05, 0.1) is 11.0 Å². The molecule has 1 atom stereocenters. The summed E-state index contributed by atoms with van der Waals surface area (Å²) >= 11 is 0. The molecule has 29 heavy (non-hydrogen) atoms. The summed E-state index contributed by atoms with van der Waals surface area (Å²) in [5.41, 5.74) is 3.30. The minimum atomic E-state index is 0. The number of fused-ring (bicyclic) bond motifs is 1. The maximum atomic E-state index is 4.99. The number of benzene rings is 2. The van der Waals surface area contributed by atoms with Crippen LogP contribution in [0.25, 0.3) is 11.0 Å². The van der Waals surface area contributed by atoms with Gasteiger partial charge in [-0.25, -0.2) is 9.97 Å². The Morgan fingerprint density at radius 2 is 1.62 bits per heavy atom. The molecule has 0 radical (unpaired) electrons. The van der Waals surface area contributed by atoms with Gasteiger partial charge in [0, 0.05) is 31.7 Å². The third-order valence-corrected chi connectivity index (χ3v) is 5.35. The topological polar surface area (TPSA) is 53.1 Å². The van der Waals surface area contributed by atoms with Crippen LogP contribution >= 0.6 is 24.8 Å². The Balaban J connectivity index is 0.00000120. The van der Waals surface area contributed by atoms with Crippen LogP contribution in [0.15, 0.2) is 54.6 Å². The number of aromatic nitrogens is 2. The lowest BCUT2D eigenvalue weighted by Crippen LogP contribution is -2.52. The molecule has 2 N–H and O–H groups in total. The summed E-state index contributed by atoms with van der Waals surface area (Å²) in [5, 5.41) is 7.27. The van der Waals surface area contributed by atoms with Crippen molar-refractivity contribution in [1.82, 2.24) is 15.3 Å². The second-order valence-corrected chi connectivity index (χ2v) is 7.59. The molecular weight excluding hydrogens is 405 g/mol. The Kier molecular flexibility index (Phi) is 7.17. The maximum Gasteiger partial charge on any atom is 0.172 e. The molecule has 1 aliphatic heterocycles. The second kappa shape index (κ2) is 9.61. The SMILES string of the molecule is Cl.Cl.c1ccc(CC2CN(c3nc4ccccc4nc3NC3CC3)CCN2)cc1. The van der Waals surface area contributed by atoms with Gasteiger partial charge < -0.3 is 15.5 Å². The fourth-order valence-corrected chi connectivity index (χ4v) is 3.78. The number of rotatable bonds is 5. The number of halogens is 2. The summed E-state index contributed by atoms with van der Waals surface area (Å²) in [5.74, 6) is 1.94. The summed E-state index contributed by atoms with van der Waals surface area (Å²) in [6, 6.07) is 19.8. The van der Waals surface area contributed by atoms with Crippen molar-refractivity contribution in [3.05, 3.63) is 60.2 Å². The highest BCUT2D eigenvalue weighted by atomic mass is 35.5. The number of nitrogens with one attached hydrogen (secondary N) is 2. The molecule has 1 unspecified atom stereocenters. The Hall–Kier alpha value is -2.08. The molecule has 0 spiro atoms. The van der Waals surface area contributed by atoms with Crippen molar-refractivity contribution in [2.45, 2.75) is 31.3 Å². The van der Waals surface area contributed by atoms with Crippen molar-refractivity contribution in [2.75, 3.05) is 29.9 Å². The van der Waals surface area contributed by atoms with Crippen molar-refractivity contribution >= 4 is 47.5 Å². The fraction of sp³-hybridized carbons (Fsp3) is 0.364. The number of anilines is 2. The maximum absolute atomic E-state index is 4.99. The van der Waals surface area contributed by atoms with Gasteiger partial charge in [0.1, 0.15) is 0 Å². The molecule has 0 bridgehead atoms. The largest absolute Gasteiger partial charge is 0.364 e. The number of para-hydroxylation sites is 2. The average molecular weight is 432 g/mol. The lowest BCUT2D eigenvalue weighted by atomic mass is 10.0. The molecule has 1 aliphatic carbocycles. The normalized spacial score (nSPS) is 18.6. The molecule has 7 heteroatoms. The van der Waals surface area contributed by atoms with Crippen LogP contribution in [0, 0.1) is 0 Å². The van der Waals surface area contributed by atoms with Gasteiger partial charge in [-0.3, -0.25) is 0 Å². The van der Waals surface area contributed by atoms with Crippen molar-refractivity contribution in [3.63, 3.8) is 0 Å². The first kappa shape index (κ1) is 21.6. The first-order valence-corrected chi connectivity index (χ1v) is 9.91. The Bertz CT molecular complexity index is 933. The van der Waals surface area contributed by atoms with E-state index in [-0.39, 0.29) is 24.8 Å². The molecule has 154 valence electrons. The highest BCUT2D eigenvalue weighted by Gasteiger charge is 2.27. The van der Waals surface area contributed by atoms with Gasteiger partial charge in [0.15, 0.2) is 11.6 Å². The molecule has 5 rings (SSSR count). The van der Waals surface area contributed by atoms with Gasteiger partial charge in [0.2, 0.25) is 0 Å². The molecular formula is C22H27Cl2N5. The van der Waals surface area contributed by atoms with E-state index in [0.717, 1.165) is 48.7 Å². The Morgan fingerprint density at radius 1 is 0.931 bits per heavy atom.